The number of carboxylic acids is 1. The summed E-state index contributed by atoms with van der Waals surface area (Å²) in [5, 5.41) is 11.5. The predicted molar refractivity (Wildman–Crippen MR) is 44.6 cm³/mol. The first kappa shape index (κ1) is 10.4. The van der Waals surface area contributed by atoms with Gasteiger partial charge in [0.2, 0.25) is 0 Å². The summed E-state index contributed by atoms with van der Waals surface area (Å²) in [6, 6.07) is 0.146. The Kier molecular flexibility index (Phi) is 5.84. The van der Waals surface area contributed by atoms with Gasteiger partial charge in [0.25, 0.3) is 0 Å². The molecule has 0 aromatic carbocycles. The Bertz CT molecular complexity index is 115. The largest absolute Gasteiger partial charge is 0.481 e. The van der Waals surface area contributed by atoms with E-state index >= 15 is 0 Å². The van der Waals surface area contributed by atoms with Gasteiger partial charge in [0.15, 0.2) is 0 Å². The van der Waals surface area contributed by atoms with Crippen LogP contribution < -0.4 is 5.32 Å². The van der Waals surface area contributed by atoms with Gasteiger partial charge in [-0.2, -0.15) is 0 Å². The summed E-state index contributed by atoms with van der Waals surface area (Å²) < 4.78 is 0. The maximum absolute atomic E-state index is 10.3. The normalized spacial score (nSPS) is 12.9. The first-order valence-corrected chi connectivity index (χ1v) is 4.09. The zero-order chi connectivity index (χ0) is 8.69. The van der Waals surface area contributed by atoms with Crippen molar-refractivity contribution in [1.29, 1.82) is 0 Å². The monoisotopic (exact) mass is 159 g/mol. The number of hydrogen-bond donors (Lipinski definition) is 2. The molecule has 0 heterocycles. The second-order valence-electron chi connectivity index (χ2n) is 2.73. The molecule has 2 N–H and O–H groups in total. The highest BCUT2D eigenvalue weighted by atomic mass is 16.4. The summed E-state index contributed by atoms with van der Waals surface area (Å²) >= 11 is 0. The smallest absolute Gasteiger partial charge is 0.304 e. The molecule has 3 nitrogen and oxygen atoms in total. The minimum atomic E-state index is -0.722. The molecule has 0 aromatic rings. The Morgan fingerprint density at radius 1 is 1.64 bits per heavy atom. The Morgan fingerprint density at radius 3 is 2.64 bits per heavy atom. The van der Waals surface area contributed by atoms with Crippen molar-refractivity contribution in [2.45, 2.75) is 38.6 Å². The molecule has 0 aliphatic rings. The van der Waals surface area contributed by atoms with E-state index in [2.05, 4.69) is 12.2 Å². The topological polar surface area (TPSA) is 49.3 Å². The van der Waals surface area contributed by atoms with Gasteiger partial charge in [0.1, 0.15) is 0 Å². The second kappa shape index (κ2) is 6.16. The summed E-state index contributed by atoms with van der Waals surface area (Å²) in [6.07, 6.45) is 3.41. The number of carboxylic acid groups (broad SMARTS) is 1. The van der Waals surface area contributed by atoms with E-state index in [1.54, 1.807) is 0 Å². The van der Waals surface area contributed by atoms with E-state index in [4.69, 9.17) is 5.11 Å². The molecule has 1 unspecified atom stereocenters. The van der Waals surface area contributed by atoms with Crippen LogP contribution in [0.25, 0.3) is 0 Å². The van der Waals surface area contributed by atoms with Crippen LogP contribution in [0, 0.1) is 0 Å². The van der Waals surface area contributed by atoms with Gasteiger partial charge >= 0.3 is 5.97 Å². The summed E-state index contributed by atoms with van der Waals surface area (Å²) in [4.78, 5) is 10.3. The average Bonchev–Trinajstić information content (AvgIpc) is 1.97. The Morgan fingerprint density at radius 2 is 2.27 bits per heavy atom. The van der Waals surface area contributed by atoms with Crippen LogP contribution in [0.1, 0.15) is 32.6 Å². The third kappa shape index (κ3) is 5.85. The third-order valence-corrected chi connectivity index (χ3v) is 1.74. The van der Waals surface area contributed by atoms with Gasteiger partial charge in [-0.05, 0) is 13.5 Å². The fourth-order valence-corrected chi connectivity index (χ4v) is 1.01. The fraction of sp³-hybridized carbons (Fsp3) is 0.875. The van der Waals surface area contributed by atoms with Gasteiger partial charge in [-0.25, -0.2) is 0 Å². The molecule has 0 radical (unpaired) electrons. The molecule has 0 aliphatic heterocycles. The van der Waals surface area contributed by atoms with E-state index in [0.29, 0.717) is 0 Å². The van der Waals surface area contributed by atoms with E-state index in [-0.39, 0.29) is 12.5 Å². The molecule has 0 rings (SSSR count). The zero-order valence-corrected chi connectivity index (χ0v) is 7.26. The lowest BCUT2D eigenvalue weighted by atomic mass is 10.1. The molecular weight excluding hydrogens is 142 g/mol. The maximum atomic E-state index is 10.3. The molecule has 66 valence electrons. The summed E-state index contributed by atoms with van der Waals surface area (Å²) in [7, 11) is 1.81. The van der Waals surface area contributed by atoms with E-state index < -0.39 is 5.97 Å². The minimum Gasteiger partial charge on any atom is -0.481 e. The standard InChI is InChI=1S/C8H17NO2/c1-3-4-5-7(9-2)6-8(10)11/h7,9H,3-6H2,1-2H3,(H,10,11). The molecule has 0 fully saturated rings. The Labute approximate surface area is 67.8 Å². The van der Waals surface area contributed by atoms with Crippen molar-refractivity contribution in [2.24, 2.45) is 0 Å². The van der Waals surface area contributed by atoms with Gasteiger partial charge in [0, 0.05) is 6.04 Å². The van der Waals surface area contributed by atoms with Gasteiger partial charge < -0.3 is 10.4 Å². The molecule has 1 atom stereocenters. The lowest BCUT2D eigenvalue weighted by molar-refractivity contribution is -0.137. The van der Waals surface area contributed by atoms with E-state index in [9.17, 15) is 4.79 Å². The molecular formula is C8H17NO2. The molecule has 0 aromatic heterocycles. The highest BCUT2D eigenvalue weighted by molar-refractivity contribution is 5.67. The van der Waals surface area contributed by atoms with Crippen molar-refractivity contribution < 1.29 is 9.90 Å². The van der Waals surface area contributed by atoms with Gasteiger partial charge in [-0.15, -0.1) is 0 Å². The van der Waals surface area contributed by atoms with Gasteiger partial charge in [-0.3, -0.25) is 4.79 Å². The Balaban J connectivity index is 3.49. The number of rotatable bonds is 6. The summed E-state index contributed by atoms with van der Waals surface area (Å²) in [5.74, 6) is -0.722. The molecule has 0 bridgehead atoms. The SMILES string of the molecule is CCCCC(CC(=O)O)NC. The van der Waals surface area contributed by atoms with Crippen molar-refractivity contribution in [3.8, 4) is 0 Å². The van der Waals surface area contributed by atoms with E-state index in [1.165, 1.54) is 0 Å². The van der Waals surface area contributed by atoms with Crippen LogP contribution in [-0.2, 0) is 4.79 Å². The molecule has 0 spiro atoms. The second-order valence-corrected chi connectivity index (χ2v) is 2.73. The quantitative estimate of drug-likeness (QED) is 0.613. The molecule has 0 saturated carbocycles. The maximum Gasteiger partial charge on any atom is 0.304 e. The number of aliphatic carboxylic acids is 1. The third-order valence-electron chi connectivity index (χ3n) is 1.74. The van der Waals surface area contributed by atoms with Crippen molar-refractivity contribution in [3.05, 3.63) is 0 Å². The van der Waals surface area contributed by atoms with Crippen LogP contribution in [0.15, 0.2) is 0 Å². The number of hydrogen-bond acceptors (Lipinski definition) is 2. The fourth-order valence-electron chi connectivity index (χ4n) is 1.01. The predicted octanol–water partition coefficient (Wildman–Crippen LogP) is 1.24. The Hall–Kier alpha value is -0.570. The molecule has 0 aliphatic carbocycles. The van der Waals surface area contributed by atoms with Crippen molar-refractivity contribution >= 4 is 5.97 Å². The molecule has 0 saturated heterocycles. The van der Waals surface area contributed by atoms with Gasteiger partial charge in [0.05, 0.1) is 6.42 Å². The molecule has 3 heteroatoms. The minimum absolute atomic E-state index is 0.146. The van der Waals surface area contributed by atoms with Crippen molar-refractivity contribution in [3.63, 3.8) is 0 Å². The van der Waals surface area contributed by atoms with Crippen LogP contribution in [0.3, 0.4) is 0 Å². The zero-order valence-electron chi connectivity index (χ0n) is 7.26. The lowest BCUT2D eigenvalue weighted by Crippen LogP contribution is -2.27. The van der Waals surface area contributed by atoms with Crippen LogP contribution in [0.5, 0.6) is 0 Å². The number of carbonyl (C=O) groups is 1. The van der Waals surface area contributed by atoms with E-state index in [0.717, 1.165) is 19.3 Å². The first-order valence-electron chi connectivity index (χ1n) is 4.09. The summed E-state index contributed by atoms with van der Waals surface area (Å²) in [5.41, 5.74) is 0. The highest BCUT2D eigenvalue weighted by Crippen LogP contribution is 2.03. The van der Waals surface area contributed by atoms with E-state index in [1.807, 2.05) is 7.05 Å². The van der Waals surface area contributed by atoms with Crippen molar-refractivity contribution in [1.82, 2.24) is 5.32 Å². The molecule has 11 heavy (non-hydrogen) atoms. The van der Waals surface area contributed by atoms with Crippen LogP contribution in [0.2, 0.25) is 0 Å². The van der Waals surface area contributed by atoms with Crippen molar-refractivity contribution in [2.75, 3.05) is 7.05 Å². The first-order chi connectivity index (χ1) is 5.20. The number of nitrogens with one attached hydrogen (secondary N) is 1. The van der Waals surface area contributed by atoms with Crippen LogP contribution >= 0.6 is 0 Å². The summed E-state index contributed by atoms with van der Waals surface area (Å²) in [6.45, 7) is 2.10. The molecule has 0 amide bonds. The van der Waals surface area contributed by atoms with Crippen LogP contribution in [0.4, 0.5) is 0 Å². The van der Waals surface area contributed by atoms with Gasteiger partial charge in [-0.1, -0.05) is 19.8 Å². The highest BCUT2D eigenvalue weighted by Gasteiger charge is 2.08. The van der Waals surface area contributed by atoms with Crippen LogP contribution in [-0.4, -0.2) is 24.2 Å². The number of unbranched alkanes of at least 4 members (excludes halogenated alkanes) is 1. The lowest BCUT2D eigenvalue weighted by Gasteiger charge is -2.12. The average molecular weight is 159 g/mol.